The molecule has 17 heavy (non-hydrogen) atoms. The summed E-state index contributed by atoms with van der Waals surface area (Å²) in [7, 11) is 0. The van der Waals surface area contributed by atoms with Crippen LogP contribution in [-0.4, -0.2) is 12.4 Å². The fraction of sp³-hybridized carbons (Fsp3) is 0.462. The molecule has 1 aliphatic carbocycles. The normalized spacial score (nSPS) is 18.1. The van der Waals surface area contributed by atoms with Crippen molar-refractivity contribution >= 4 is 5.78 Å². The molecule has 0 amide bonds. The zero-order chi connectivity index (χ0) is 12.6. The Morgan fingerprint density at radius 1 is 1.35 bits per heavy atom. The second-order valence-corrected chi connectivity index (χ2v) is 4.89. The lowest BCUT2D eigenvalue weighted by atomic mass is 9.72. The first-order valence-corrected chi connectivity index (χ1v) is 5.53. The van der Waals surface area contributed by atoms with E-state index in [1.54, 1.807) is 6.07 Å². The molecule has 0 fully saturated rings. The number of carbonyl (C=O) groups is 1. The minimum atomic E-state index is -2.86. The number of hydrogen-bond acceptors (Lipinski definition) is 2. The lowest BCUT2D eigenvalue weighted by Gasteiger charge is -2.31. The van der Waals surface area contributed by atoms with Crippen molar-refractivity contribution in [3.8, 4) is 5.75 Å². The lowest BCUT2D eigenvalue weighted by Crippen LogP contribution is -2.27. The predicted octanol–water partition coefficient (Wildman–Crippen LogP) is 3.54. The molecular formula is C13H14F2O2. The van der Waals surface area contributed by atoms with Gasteiger partial charge in [0.25, 0.3) is 0 Å². The summed E-state index contributed by atoms with van der Waals surface area (Å²) in [6, 6.07) is 4.63. The van der Waals surface area contributed by atoms with Gasteiger partial charge in [-0.2, -0.15) is 8.78 Å². The van der Waals surface area contributed by atoms with E-state index in [0.29, 0.717) is 12.0 Å². The molecule has 1 aromatic carbocycles. The van der Waals surface area contributed by atoms with Gasteiger partial charge in [-0.25, -0.2) is 0 Å². The van der Waals surface area contributed by atoms with Gasteiger partial charge in [0.05, 0.1) is 0 Å². The predicted molar refractivity (Wildman–Crippen MR) is 59.7 cm³/mol. The minimum Gasteiger partial charge on any atom is -0.435 e. The van der Waals surface area contributed by atoms with Crippen molar-refractivity contribution in [1.29, 1.82) is 0 Å². The highest BCUT2D eigenvalue weighted by molar-refractivity contribution is 5.99. The van der Waals surface area contributed by atoms with Crippen molar-refractivity contribution in [3.05, 3.63) is 29.3 Å². The summed E-state index contributed by atoms with van der Waals surface area (Å²) < 4.78 is 28.5. The Balaban J connectivity index is 2.43. The van der Waals surface area contributed by atoms with Gasteiger partial charge in [-0.1, -0.05) is 19.9 Å². The fourth-order valence-corrected chi connectivity index (χ4v) is 2.22. The highest BCUT2D eigenvalue weighted by atomic mass is 19.3. The largest absolute Gasteiger partial charge is 0.435 e. The second-order valence-electron chi connectivity index (χ2n) is 4.89. The van der Waals surface area contributed by atoms with Crippen LogP contribution in [0.25, 0.3) is 0 Å². The quantitative estimate of drug-likeness (QED) is 0.790. The summed E-state index contributed by atoms with van der Waals surface area (Å²) in [6.07, 6.45) is 1.24. The third-order valence-corrected chi connectivity index (χ3v) is 3.22. The van der Waals surface area contributed by atoms with Gasteiger partial charge in [0.2, 0.25) is 0 Å². The van der Waals surface area contributed by atoms with E-state index in [1.807, 2.05) is 13.8 Å². The van der Waals surface area contributed by atoms with Gasteiger partial charge < -0.3 is 4.74 Å². The maximum atomic E-state index is 12.1. The third kappa shape index (κ3) is 2.30. The first-order valence-electron chi connectivity index (χ1n) is 5.53. The molecule has 0 saturated carbocycles. The van der Waals surface area contributed by atoms with Crippen LogP contribution >= 0.6 is 0 Å². The van der Waals surface area contributed by atoms with Crippen LogP contribution in [0.15, 0.2) is 18.2 Å². The number of alkyl halides is 2. The molecule has 0 N–H and O–H groups in total. The first-order chi connectivity index (χ1) is 7.90. The van der Waals surface area contributed by atoms with E-state index in [9.17, 15) is 13.6 Å². The van der Waals surface area contributed by atoms with Crippen LogP contribution in [0.1, 0.15) is 42.6 Å². The number of fused-ring (bicyclic) bond motifs is 1. The molecule has 0 aliphatic heterocycles. The number of carbonyl (C=O) groups excluding carboxylic acids is 1. The molecule has 4 heteroatoms. The number of ketones is 1. The summed E-state index contributed by atoms with van der Waals surface area (Å²) in [5.41, 5.74) is 1.34. The summed E-state index contributed by atoms with van der Waals surface area (Å²) >= 11 is 0. The van der Waals surface area contributed by atoms with Gasteiger partial charge in [-0.05, 0) is 29.5 Å². The number of benzene rings is 1. The van der Waals surface area contributed by atoms with E-state index < -0.39 is 6.61 Å². The van der Waals surface area contributed by atoms with Crippen LogP contribution in [0.5, 0.6) is 5.75 Å². The number of ether oxygens (including phenoxy) is 1. The second kappa shape index (κ2) is 4.09. The van der Waals surface area contributed by atoms with E-state index in [2.05, 4.69) is 4.74 Å². The first kappa shape index (κ1) is 12.0. The van der Waals surface area contributed by atoms with E-state index >= 15 is 0 Å². The monoisotopic (exact) mass is 240 g/mol. The van der Waals surface area contributed by atoms with Gasteiger partial charge in [0, 0.05) is 12.0 Å². The molecule has 1 aromatic rings. The smallest absolute Gasteiger partial charge is 0.387 e. The highest BCUT2D eigenvalue weighted by Crippen LogP contribution is 2.38. The van der Waals surface area contributed by atoms with Gasteiger partial charge in [-0.3, -0.25) is 4.79 Å². The van der Waals surface area contributed by atoms with Gasteiger partial charge in [0.15, 0.2) is 5.78 Å². The number of rotatable bonds is 2. The Bertz CT molecular complexity index is 453. The van der Waals surface area contributed by atoms with E-state index in [1.165, 1.54) is 12.1 Å². The van der Waals surface area contributed by atoms with E-state index in [-0.39, 0.29) is 16.9 Å². The van der Waals surface area contributed by atoms with Crippen LogP contribution in [0.4, 0.5) is 8.78 Å². The van der Waals surface area contributed by atoms with E-state index in [4.69, 9.17) is 0 Å². The summed E-state index contributed by atoms with van der Waals surface area (Å²) in [6.45, 7) is 1.23. The molecule has 0 bridgehead atoms. The molecule has 0 spiro atoms. The third-order valence-electron chi connectivity index (χ3n) is 3.22. The summed E-state index contributed by atoms with van der Waals surface area (Å²) in [5, 5.41) is 0. The average Bonchev–Trinajstić information content (AvgIpc) is 2.23. The average molecular weight is 240 g/mol. The van der Waals surface area contributed by atoms with Crippen LogP contribution in [-0.2, 0) is 5.41 Å². The molecule has 0 unspecified atom stereocenters. The molecule has 2 nitrogen and oxygen atoms in total. The molecule has 0 radical (unpaired) electrons. The van der Waals surface area contributed by atoms with Crippen LogP contribution < -0.4 is 4.74 Å². The van der Waals surface area contributed by atoms with E-state index in [0.717, 1.165) is 12.0 Å². The number of hydrogen-bond donors (Lipinski definition) is 0. The zero-order valence-electron chi connectivity index (χ0n) is 9.80. The Morgan fingerprint density at radius 3 is 2.71 bits per heavy atom. The topological polar surface area (TPSA) is 26.3 Å². The summed E-state index contributed by atoms with van der Waals surface area (Å²) in [4.78, 5) is 11.8. The Morgan fingerprint density at radius 2 is 2.06 bits per heavy atom. The highest BCUT2D eigenvalue weighted by Gasteiger charge is 2.31. The molecular weight excluding hydrogens is 226 g/mol. The maximum absolute atomic E-state index is 12.1. The number of Topliss-reactive ketones (excluding diaryl/α,β-unsaturated/α-hetero) is 1. The van der Waals surface area contributed by atoms with Crippen molar-refractivity contribution in [1.82, 2.24) is 0 Å². The van der Waals surface area contributed by atoms with Gasteiger partial charge in [-0.15, -0.1) is 0 Å². The Labute approximate surface area is 98.6 Å². The van der Waals surface area contributed by atoms with Gasteiger partial charge >= 0.3 is 6.61 Å². The Hall–Kier alpha value is -1.45. The standard InChI is InChI=1S/C13H14F2O2/c1-13(2)6-5-11(16)9-7-8(17-12(14)15)3-4-10(9)13/h3-4,7,12H,5-6H2,1-2H3. The lowest BCUT2D eigenvalue weighted by molar-refractivity contribution is -0.0499. The van der Waals surface area contributed by atoms with Crippen molar-refractivity contribution in [3.63, 3.8) is 0 Å². The maximum Gasteiger partial charge on any atom is 0.387 e. The molecule has 0 aromatic heterocycles. The summed E-state index contributed by atoms with van der Waals surface area (Å²) in [5.74, 6) is 0.0452. The fourth-order valence-electron chi connectivity index (χ4n) is 2.22. The van der Waals surface area contributed by atoms with Crippen molar-refractivity contribution in [2.24, 2.45) is 0 Å². The molecule has 0 heterocycles. The SMILES string of the molecule is CC1(C)CCC(=O)c2cc(OC(F)F)ccc21. The van der Waals surface area contributed by atoms with Crippen LogP contribution in [0, 0.1) is 0 Å². The number of halogens is 2. The van der Waals surface area contributed by atoms with Crippen molar-refractivity contribution < 1.29 is 18.3 Å². The van der Waals surface area contributed by atoms with Crippen molar-refractivity contribution in [2.75, 3.05) is 0 Å². The Kier molecular flexibility index (Phi) is 2.89. The van der Waals surface area contributed by atoms with Crippen LogP contribution in [0.3, 0.4) is 0 Å². The molecule has 0 saturated heterocycles. The molecule has 1 aliphatic rings. The molecule has 2 rings (SSSR count). The minimum absolute atomic E-state index is 0.000888. The molecule has 92 valence electrons. The zero-order valence-corrected chi connectivity index (χ0v) is 9.80. The van der Waals surface area contributed by atoms with Gasteiger partial charge in [0.1, 0.15) is 5.75 Å². The molecule has 0 atom stereocenters. The van der Waals surface area contributed by atoms with Crippen molar-refractivity contribution in [2.45, 2.75) is 38.7 Å². The van der Waals surface area contributed by atoms with Crippen LogP contribution in [0.2, 0.25) is 0 Å².